The first-order chi connectivity index (χ1) is 11.9. The molecule has 0 aliphatic rings. The largest absolute Gasteiger partial charge is 0.461 e. The zero-order valence-corrected chi connectivity index (χ0v) is 14.9. The molecule has 0 spiro atoms. The van der Waals surface area contributed by atoms with Gasteiger partial charge in [0, 0.05) is 5.02 Å². The van der Waals surface area contributed by atoms with Crippen LogP contribution in [-0.4, -0.2) is 32.4 Å². The van der Waals surface area contributed by atoms with Crippen molar-refractivity contribution in [2.45, 2.75) is 26.7 Å². The van der Waals surface area contributed by atoms with E-state index in [-0.39, 0.29) is 24.0 Å². The van der Waals surface area contributed by atoms with Gasteiger partial charge in [0.15, 0.2) is 11.5 Å². The van der Waals surface area contributed by atoms with Gasteiger partial charge in [-0.05, 0) is 30.5 Å². The molecule has 8 heteroatoms. The monoisotopic (exact) mass is 359 g/mol. The molecule has 0 amide bonds. The molecule has 0 atom stereocenters. The van der Waals surface area contributed by atoms with Crippen molar-refractivity contribution in [3.05, 3.63) is 40.7 Å². The van der Waals surface area contributed by atoms with E-state index in [1.807, 2.05) is 26.0 Å². The van der Waals surface area contributed by atoms with Crippen LogP contribution in [0.1, 0.15) is 42.9 Å². The van der Waals surface area contributed by atoms with E-state index in [0.717, 1.165) is 16.8 Å². The van der Waals surface area contributed by atoms with Crippen LogP contribution in [0.25, 0.3) is 16.8 Å². The molecule has 0 saturated heterocycles. The lowest BCUT2D eigenvalue weighted by molar-refractivity contribution is 0.0519. The van der Waals surface area contributed by atoms with Gasteiger partial charge in [0.05, 0.1) is 17.9 Å². The maximum absolute atomic E-state index is 12.0. The summed E-state index contributed by atoms with van der Waals surface area (Å²) in [5, 5.41) is 13.4. The third-order valence-electron chi connectivity index (χ3n) is 3.75. The van der Waals surface area contributed by atoms with Crippen LogP contribution >= 0.6 is 11.6 Å². The first-order valence-corrected chi connectivity index (χ1v) is 8.29. The fourth-order valence-electron chi connectivity index (χ4n) is 2.58. The summed E-state index contributed by atoms with van der Waals surface area (Å²) in [6, 6.07) is 7.38. The number of carbonyl (C=O) groups is 1. The number of aromatic nitrogens is 4. The summed E-state index contributed by atoms with van der Waals surface area (Å²) in [6.45, 7) is 5.99. The molecule has 0 fully saturated rings. The van der Waals surface area contributed by atoms with Gasteiger partial charge in [-0.25, -0.2) is 4.79 Å². The van der Waals surface area contributed by atoms with Gasteiger partial charge in [-0.3, -0.25) is 0 Å². The molecule has 1 aromatic carbocycles. The molecule has 0 aliphatic carbocycles. The number of nitrogens with two attached hydrogens (primary N) is 1. The van der Waals surface area contributed by atoms with Gasteiger partial charge in [-0.2, -0.15) is 9.61 Å². The number of ether oxygens (including phenoxy) is 1. The van der Waals surface area contributed by atoms with Crippen molar-refractivity contribution < 1.29 is 9.53 Å². The molecule has 25 heavy (non-hydrogen) atoms. The molecule has 3 rings (SSSR count). The number of nitrogen functional groups attached to an aromatic ring is 1. The molecule has 130 valence electrons. The first kappa shape index (κ1) is 17.2. The molecular formula is C17H18ClN5O2. The van der Waals surface area contributed by atoms with Crippen molar-refractivity contribution in [1.29, 1.82) is 0 Å². The molecule has 0 bridgehead atoms. The number of rotatable bonds is 4. The quantitative estimate of drug-likeness (QED) is 0.718. The number of hydrogen-bond acceptors (Lipinski definition) is 6. The SMILES string of the molecule is CCOC(=O)c1nnc2c(-c3ccc(Cl)cc3)c(C(C)C)nn2c1N. The summed E-state index contributed by atoms with van der Waals surface area (Å²) < 4.78 is 6.41. The highest BCUT2D eigenvalue weighted by atomic mass is 35.5. The lowest BCUT2D eigenvalue weighted by Crippen LogP contribution is -2.15. The second-order valence-electron chi connectivity index (χ2n) is 5.81. The van der Waals surface area contributed by atoms with Gasteiger partial charge < -0.3 is 10.5 Å². The highest BCUT2D eigenvalue weighted by Crippen LogP contribution is 2.33. The second kappa shape index (κ2) is 6.68. The summed E-state index contributed by atoms with van der Waals surface area (Å²) in [5.41, 5.74) is 9.08. The van der Waals surface area contributed by atoms with Crippen LogP contribution in [0.2, 0.25) is 5.02 Å². The average Bonchev–Trinajstić information content (AvgIpc) is 2.97. The predicted octanol–water partition coefficient (Wildman–Crippen LogP) is 3.33. The van der Waals surface area contributed by atoms with Crippen molar-refractivity contribution in [3.8, 4) is 11.1 Å². The van der Waals surface area contributed by atoms with E-state index in [9.17, 15) is 4.79 Å². The Morgan fingerprint density at radius 1 is 1.28 bits per heavy atom. The maximum atomic E-state index is 12.0. The third-order valence-corrected chi connectivity index (χ3v) is 4.00. The van der Waals surface area contributed by atoms with E-state index in [4.69, 9.17) is 22.1 Å². The van der Waals surface area contributed by atoms with E-state index in [1.54, 1.807) is 19.1 Å². The molecule has 2 heterocycles. The number of carbonyl (C=O) groups excluding carboxylic acids is 1. The Morgan fingerprint density at radius 2 is 1.96 bits per heavy atom. The smallest absolute Gasteiger partial charge is 0.362 e. The van der Waals surface area contributed by atoms with Crippen LogP contribution in [0.15, 0.2) is 24.3 Å². The number of nitrogens with zero attached hydrogens (tertiary/aromatic N) is 4. The van der Waals surface area contributed by atoms with Crippen molar-refractivity contribution in [2.24, 2.45) is 0 Å². The standard InChI is InChI=1S/C17H18ClN5O2/c1-4-25-17(24)14-15(19)23-16(21-20-14)12(13(22-23)9(2)3)10-5-7-11(18)8-6-10/h5-9H,4,19H2,1-3H3. The molecule has 7 nitrogen and oxygen atoms in total. The topological polar surface area (TPSA) is 95.4 Å². The van der Waals surface area contributed by atoms with Gasteiger partial charge in [-0.1, -0.05) is 37.6 Å². The van der Waals surface area contributed by atoms with Crippen LogP contribution in [0.5, 0.6) is 0 Å². The van der Waals surface area contributed by atoms with Gasteiger partial charge >= 0.3 is 5.97 Å². The highest BCUT2D eigenvalue weighted by molar-refractivity contribution is 6.30. The van der Waals surface area contributed by atoms with Crippen LogP contribution in [-0.2, 0) is 4.74 Å². The zero-order chi connectivity index (χ0) is 18.1. The Bertz CT molecular complexity index is 934. The first-order valence-electron chi connectivity index (χ1n) is 7.91. The maximum Gasteiger partial charge on any atom is 0.362 e. The molecule has 2 aromatic heterocycles. The van der Waals surface area contributed by atoms with Crippen LogP contribution in [0.4, 0.5) is 5.82 Å². The molecule has 2 N–H and O–H groups in total. The second-order valence-corrected chi connectivity index (χ2v) is 6.25. The fourth-order valence-corrected chi connectivity index (χ4v) is 2.70. The van der Waals surface area contributed by atoms with Crippen molar-refractivity contribution in [1.82, 2.24) is 19.8 Å². The molecule has 3 aromatic rings. The zero-order valence-electron chi connectivity index (χ0n) is 14.2. The van der Waals surface area contributed by atoms with E-state index in [2.05, 4.69) is 15.3 Å². The van der Waals surface area contributed by atoms with Crippen LogP contribution < -0.4 is 5.73 Å². The van der Waals surface area contributed by atoms with Crippen molar-refractivity contribution >= 4 is 29.0 Å². The fraction of sp³-hybridized carbons (Fsp3) is 0.294. The lowest BCUT2D eigenvalue weighted by Gasteiger charge is -2.06. The Hall–Kier alpha value is -2.67. The summed E-state index contributed by atoms with van der Waals surface area (Å²) in [5.74, 6) is -0.396. The molecular weight excluding hydrogens is 342 g/mol. The minimum atomic E-state index is -0.621. The Kier molecular flexibility index (Phi) is 4.59. The number of hydrogen-bond donors (Lipinski definition) is 1. The Morgan fingerprint density at radius 3 is 2.56 bits per heavy atom. The molecule has 0 saturated carbocycles. The number of esters is 1. The number of halogens is 1. The van der Waals surface area contributed by atoms with E-state index in [0.29, 0.717) is 10.7 Å². The molecule has 0 radical (unpaired) electrons. The van der Waals surface area contributed by atoms with Gasteiger partial charge in [0.2, 0.25) is 5.69 Å². The Labute approximate surface area is 149 Å². The van der Waals surface area contributed by atoms with E-state index < -0.39 is 5.97 Å². The minimum Gasteiger partial charge on any atom is -0.461 e. The van der Waals surface area contributed by atoms with Gasteiger partial charge in [0.25, 0.3) is 0 Å². The lowest BCUT2D eigenvalue weighted by atomic mass is 10.00. The summed E-state index contributed by atoms with van der Waals surface area (Å²) in [7, 11) is 0. The van der Waals surface area contributed by atoms with Crippen LogP contribution in [0, 0.1) is 0 Å². The average molecular weight is 360 g/mol. The number of fused-ring (bicyclic) bond motifs is 1. The van der Waals surface area contributed by atoms with E-state index >= 15 is 0 Å². The summed E-state index contributed by atoms with van der Waals surface area (Å²) in [6.07, 6.45) is 0. The normalized spacial score (nSPS) is 11.2. The predicted molar refractivity (Wildman–Crippen MR) is 95.7 cm³/mol. The minimum absolute atomic E-state index is 0.0465. The molecule has 0 unspecified atom stereocenters. The summed E-state index contributed by atoms with van der Waals surface area (Å²) >= 11 is 5.98. The number of anilines is 1. The van der Waals surface area contributed by atoms with Crippen molar-refractivity contribution in [3.63, 3.8) is 0 Å². The van der Waals surface area contributed by atoms with Crippen LogP contribution in [0.3, 0.4) is 0 Å². The van der Waals surface area contributed by atoms with E-state index in [1.165, 1.54) is 4.52 Å². The Balaban J connectivity index is 2.26. The van der Waals surface area contributed by atoms with Gasteiger partial charge in [-0.15, -0.1) is 10.2 Å². The van der Waals surface area contributed by atoms with Gasteiger partial charge in [0.1, 0.15) is 0 Å². The summed E-state index contributed by atoms with van der Waals surface area (Å²) in [4.78, 5) is 12.0. The molecule has 0 aliphatic heterocycles. The highest BCUT2D eigenvalue weighted by Gasteiger charge is 2.24. The number of benzene rings is 1. The van der Waals surface area contributed by atoms with Crippen molar-refractivity contribution in [2.75, 3.05) is 12.3 Å². The third kappa shape index (κ3) is 3.02.